The van der Waals surface area contributed by atoms with Crippen LogP contribution < -0.4 is 11.5 Å². The number of aromatic nitrogens is 4. The highest BCUT2D eigenvalue weighted by Crippen LogP contribution is 2.16. The van der Waals surface area contributed by atoms with Gasteiger partial charge in [0.15, 0.2) is 5.82 Å². The molecule has 0 radical (unpaired) electrons. The van der Waals surface area contributed by atoms with Gasteiger partial charge < -0.3 is 11.5 Å². The van der Waals surface area contributed by atoms with Crippen LogP contribution in [-0.4, -0.2) is 19.8 Å². The molecule has 0 atom stereocenters. The minimum absolute atomic E-state index is 0.508. The van der Waals surface area contributed by atoms with Crippen LogP contribution in [0.1, 0.15) is 11.4 Å². The maximum absolute atomic E-state index is 5.65. The number of hydrogen-bond donors (Lipinski definition) is 2. The SMILES string of the molecule is Nc1ccc(CCc2nnc3sc(N)nn23)cc1. The van der Waals surface area contributed by atoms with Crippen molar-refractivity contribution in [1.82, 2.24) is 19.8 Å². The van der Waals surface area contributed by atoms with Crippen LogP contribution in [0.2, 0.25) is 0 Å². The van der Waals surface area contributed by atoms with E-state index in [-0.39, 0.29) is 0 Å². The highest BCUT2D eigenvalue weighted by Gasteiger charge is 2.09. The average molecular weight is 260 g/mol. The minimum atomic E-state index is 0.508. The molecule has 0 aliphatic rings. The Morgan fingerprint density at radius 2 is 1.83 bits per heavy atom. The number of nitrogens with two attached hydrogens (primary N) is 2. The van der Waals surface area contributed by atoms with Crippen molar-refractivity contribution in [2.75, 3.05) is 11.5 Å². The van der Waals surface area contributed by atoms with Gasteiger partial charge in [0.05, 0.1) is 0 Å². The van der Waals surface area contributed by atoms with Gasteiger partial charge in [-0.05, 0) is 24.1 Å². The van der Waals surface area contributed by atoms with E-state index in [1.54, 1.807) is 4.52 Å². The van der Waals surface area contributed by atoms with Crippen LogP contribution in [0.5, 0.6) is 0 Å². The number of benzene rings is 1. The van der Waals surface area contributed by atoms with Crippen molar-refractivity contribution in [1.29, 1.82) is 0 Å². The lowest BCUT2D eigenvalue weighted by molar-refractivity contribution is 0.794. The van der Waals surface area contributed by atoms with Crippen LogP contribution in [0.15, 0.2) is 24.3 Å². The molecule has 0 saturated heterocycles. The van der Waals surface area contributed by atoms with Gasteiger partial charge in [-0.15, -0.1) is 15.3 Å². The van der Waals surface area contributed by atoms with Crippen LogP contribution in [0.4, 0.5) is 10.8 Å². The van der Waals surface area contributed by atoms with Gasteiger partial charge in [-0.25, -0.2) is 0 Å². The van der Waals surface area contributed by atoms with Crippen molar-refractivity contribution in [3.8, 4) is 0 Å². The monoisotopic (exact) mass is 260 g/mol. The van der Waals surface area contributed by atoms with Gasteiger partial charge in [0, 0.05) is 12.1 Å². The Balaban J connectivity index is 1.78. The molecule has 3 aromatic rings. The van der Waals surface area contributed by atoms with E-state index in [2.05, 4.69) is 15.3 Å². The van der Waals surface area contributed by atoms with Crippen LogP contribution >= 0.6 is 11.3 Å². The summed E-state index contributed by atoms with van der Waals surface area (Å²) in [6.45, 7) is 0. The standard InChI is InChI=1S/C11H12N6S/c12-8-4-1-7(2-5-8)3-6-9-14-15-11-17(9)16-10(13)18-11/h1-2,4-5H,3,6,12H2,(H2,13,16). The Labute approximate surface area is 107 Å². The van der Waals surface area contributed by atoms with Gasteiger partial charge in [0.2, 0.25) is 10.1 Å². The molecule has 2 heterocycles. The van der Waals surface area contributed by atoms with Crippen LogP contribution in [0.25, 0.3) is 4.96 Å². The van der Waals surface area contributed by atoms with E-state index < -0.39 is 0 Å². The Bertz CT molecular complexity index is 668. The summed E-state index contributed by atoms with van der Waals surface area (Å²) in [5, 5.41) is 12.8. The highest BCUT2D eigenvalue weighted by molar-refractivity contribution is 7.20. The molecule has 92 valence electrons. The van der Waals surface area contributed by atoms with Crippen molar-refractivity contribution < 1.29 is 0 Å². The van der Waals surface area contributed by atoms with Crippen molar-refractivity contribution >= 4 is 27.1 Å². The third-order valence-corrected chi connectivity index (χ3v) is 3.42. The van der Waals surface area contributed by atoms with Gasteiger partial charge in [0.25, 0.3) is 0 Å². The second-order valence-corrected chi connectivity index (χ2v) is 4.98. The molecule has 6 nitrogen and oxygen atoms in total. The van der Waals surface area contributed by atoms with Gasteiger partial charge >= 0.3 is 0 Å². The molecule has 0 fully saturated rings. The molecule has 0 unspecified atom stereocenters. The van der Waals surface area contributed by atoms with Gasteiger partial charge in [0.1, 0.15) is 0 Å². The second-order valence-electron chi connectivity index (χ2n) is 3.99. The third kappa shape index (κ3) is 2.00. The topological polar surface area (TPSA) is 95.1 Å². The Kier molecular flexibility index (Phi) is 2.60. The number of hydrogen-bond acceptors (Lipinski definition) is 6. The zero-order valence-corrected chi connectivity index (χ0v) is 10.4. The first-order valence-corrected chi connectivity index (χ1v) is 6.35. The molecule has 0 amide bonds. The predicted molar refractivity (Wildman–Crippen MR) is 71.3 cm³/mol. The lowest BCUT2D eigenvalue weighted by Gasteiger charge is -2.00. The van der Waals surface area contributed by atoms with E-state index in [9.17, 15) is 0 Å². The maximum Gasteiger partial charge on any atom is 0.236 e. The highest BCUT2D eigenvalue weighted by atomic mass is 32.1. The lowest BCUT2D eigenvalue weighted by atomic mass is 10.1. The molecule has 7 heteroatoms. The summed E-state index contributed by atoms with van der Waals surface area (Å²) in [7, 11) is 0. The summed E-state index contributed by atoms with van der Waals surface area (Å²) in [6, 6.07) is 7.83. The maximum atomic E-state index is 5.65. The summed E-state index contributed by atoms with van der Waals surface area (Å²) in [5.41, 5.74) is 13.3. The van der Waals surface area contributed by atoms with Gasteiger partial charge in [-0.3, -0.25) is 0 Å². The molecule has 0 aliphatic heterocycles. The Morgan fingerprint density at radius 1 is 1.06 bits per heavy atom. The molecule has 2 aromatic heterocycles. The fraction of sp³-hybridized carbons (Fsp3) is 0.182. The van der Waals surface area contributed by atoms with Gasteiger partial charge in [-0.1, -0.05) is 23.5 Å². The largest absolute Gasteiger partial charge is 0.399 e. The molecule has 1 aromatic carbocycles. The van der Waals surface area contributed by atoms with Crippen molar-refractivity contribution in [3.05, 3.63) is 35.7 Å². The molecule has 4 N–H and O–H groups in total. The average Bonchev–Trinajstić information content (AvgIpc) is 2.88. The molecule has 0 saturated carbocycles. The number of anilines is 2. The van der Waals surface area contributed by atoms with E-state index in [4.69, 9.17) is 11.5 Å². The first-order valence-electron chi connectivity index (χ1n) is 5.53. The molecule has 3 rings (SSSR count). The van der Waals surface area contributed by atoms with E-state index in [0.29, 0.717) is 5.13 Å². The van der Waals surface area contributed by atoms with E-state index in [1.165, 1.54) is 16.9 Å². The quantitative estimate of drug-likeness (QED) is 0.688. The summed E-state index contributed by atoms with van der Waals surface area (Å²) in [4.78, 5) is 0.736. The van der Waals surface area contributed by atoms with E-state index in [1.807, 2.05) is 24.3 Å². The third-order valence-electron chi connectivity index (χ3n) is 2.69. The summed E-state index contributed by atoms with van der Waals surface area (Å²) in [6.07, 6.45) is 1.65. The zero-order valence-electron chi connectivity index (χ0n) is 9.58. The first-order chi connectivity index (χ1) is 8.72. The van der Waals surface area contributed by atoms with Crippen LogP contribution in [-0.2, 0) is 12.8 Å². The number of rotatable bonds is 3. The van der Waals surface area contributed by atoms with Crippen molar-refractivity contribution in [2.45, 2.75) is 12.8 Å². The predicted octanol–water partition coefficient (Wildman–Crippen LogP) is 1.14. The Morgan fingerprint density at radius 3 is 2.61 bits per heavy atom. The molecule has 0 aliphatic carbocycles. The molecule has 0 bridgehead atoms. The molecular formula is C11H12N6S. The van der Waals surface area contributed by atoms with Crippen molar-refractivity contribution in [3.63, 3.8) is 0 Å². The normalized spacial score (nSPS) is 11.1. The number of nitrogen functional groups attached to an aromatic ring is 2. The fourth-order valence-corrected chi connectivity index (χ4v) is 2.39. The number of fused-ring (bicyclic) bond motifs is 1. The van der Waals surface area contributed by atoms with E-state index >= 15 is 0 Å². The summed E-state index contributed by atoms with van der Waals surface area (Å²) >= 11 is 1.34. The number of aryl methyl sites for hydroxylation is 2. The minimum Gasteiger partial charge on any atom is -0.399 e. The number of nitrogens with zero attached hydrogens (tertiary/aromatic N) is 4. The van der Waals surface area contributed by atoms with Crippen LogP contribution in [0.3, 0.4) is 0 Å². The molecule has 0 spiro atoms. The summed E-state index contributed by atoms with van der Waals surface area (Å²) in [5.74, 6) is 0.828. The smallest absolute Gasteiger partial charge is 0.236 e. The fourth-order valence-electron chi connectivity index (χ4n) is 1.77. The van der Waals surface area contributed by atoms with Gasteiger partial charge in [-0.2, -0.15) is 4.52 Å². The second kappa shape index (κ2) is 4.26. The molecular weight excluding hydrogens is 248 g/mol. The van der Waals surface area contributed by atoms with Crippen LogP contribution in [0, 0.1) is 0 Å². The van der Waals surface area contributed by atoms with Crippen molar-refractivity contribution in [2.24, 2.45) is 0 Å². The zero-order chi connectivity index (χ0) is 12.5. The first kappa shape index (κ1) is 11.0. The van der Waals surface area contributed by atoms with E-state index in [0.717, 1.165) is 29.3 Å². The summed E-state index contributed by atoms with van der Waals surface area (Å²) < 4.78 is 1.71. The molecule has 18 heavy (non-hydrogen) atoms. The lowest BCUT2D eigenvalue weighted by Crippen LogP contribution is -2.00. The Hall–Kier alpha value is -2.15.